The summed E-state index contributed by atoms with van der Waals surface area (Å²) in [7, 11) is 0. The Kier molecular flexibility index (Phi) is 7.78. The Morgan fingerprint density at radius 3 is 2.45 bits per heavy atom. The molecular weight excluding hydrogens is 248 g/mol. The molecule has 3 N–H and O–H groups in total. The first-order valence-electron chi connectivity index (χ1n) is 7.76. The van der Waals surface area contributed by atoms with Crippen molar-refractivity contribution in [2.24, 2.45) is 5.92 Å². The van der Waals surface area contributed by atoms with Crippen LogP contribution in [0.25, 0.3) is 0 Å². The Bertz CT molecular complexity index is 386. The van der Waals surface area contributed by atoms with Crippen LogP contribution >= 0.6 is 0 Å². The molecule has 3 heteroatoms. The molecular formula is C17H28N2O. The average molecular weight is 276 g/mol. The van der Waals surface area contributed by atoms with Gasteiger partial charge in [-0.2, -0.15) is 0 Å². The van der Waals surface area contributed by atoms with Crippen LogP contribution in [0.2, 0.25) is 0 Å². The topological polar surface area (TPSA) is 55.1 Å². The summed E-state index contributed by atoms with van der Waals surface area (Å²) in [4.78, 5) is 11.9. The molecule has 0 saturated heterocycles. The number of nitrogens with two attached hydrogens (primary N) is 1. The van der Waals surface area contributed by atoms with E-state index in [1.54, 1.807) is 0 Å². The summed E-state index contributed by atoms with van der Waals surface area (Å²) in [6.45, 7) is 5.22. The molecule has 0 aliphatic rings. The summed E-state index contributed by atoms with van der Waals surface area (Å²) in [5.74, 6) is 0.725. The Hall–Kier alpha value is -1.51. The number of unbranched alkanes of at least 4 members (excludes halogenated alkanes) is 1. The lowest BCUT2D eigenvalue weighted by Crippen LogP contribution is -2.30. The summed E-state index contributed by atoms with van der Waals surface area (Å²) in [6, 6.07) is 7.50. The smallest absolute Gasteiger partial charge is 0.224 e. The fourth-order valence-electron chi connectivity index (χ4n) is 2.39. The van der Waals surface area contributed by atoms with Gasteiger partial charge in [-0.25, -0.2) is 0 Å². The summed E-state index contributed by atoms with van der Waals surface area (Å²) < 4.78 is 0. The first-order chi connectivity index (χ1) is 9.65. The lowest BCUT2D eigenvalue weighted by Gasteiger charge is -2.16. The zero-order valence-corrected chi connectivity index (χ0v) is 12.8. The highest BCUT2D eigenvalue weighted by Crippen LogP contribution is 2.14. The van der Waals surface area contributed by atoms with Gasteiger partial charge in [-0.05, 0) is 36.5 Å². The van der Waals surface area contributed by atoms with Gasteiger partial charge in [0.25, 0.3) is 0 Å². The third-order valence-electron chi connectivity index (χ3n) is 3.60. The van der Waals surface area contributed by atoms with Crippen molar-refractivity contribution in [3.05, 3.63) is 29.8 Å². The number of nitrogen functional groups attached to an aromatic ring is 1. The Labute approximate surface area is 122 Å². The standard InChI is InChI=1S/C17H28N2O/c1-3-5-7-15(6-4-2)13-19-17(20)12-14-8-10-16(18)11-9-14/h8-11,15H,3-7,12-13,18H2,1-2H3,(H,19,20). The quantitative estimate of drug-likeness (QED) is 0.678. The molecule has 20 heavy (non-hydrogen) atoms. The highest BCUT2D eigenvalue weighted by atomic mass is 16.1. The molecule has 0 radical (unpaired) electrons. The van der Waals surface area contributed by atoms with Crippen LogP contribution in [0.5, 0.6) is 0 Å². The molecule has 0 saturated carbocycles. The first-order valence-corrected chi connectivity index (χ1v) is 7.76. The van der Waals surface area contributed by atoms with E-state index < -0.39 is 0 Å². The third kappa shape index (κ3) is 6.60. The van der Waals surface area contributed by atoms with Crippen molar-refractivity contribution in [3.8, 4) is 0 Å². The third-order valence-corrected chi connectivity index (χ3v) is 3.60. The number of carbonyl (C=O) groups excluding carboxylic acids is 1. The van der Waals surface area contributed by atoms with Crippen LogP contribution in [0, 0.1) is 5.92 Å². The Balaban J connectivity index is 2.34. The van der Waals surface area contributed by atoms with Gasteiger partial charge in [0.15, 0.2) is 0 Å². The van der Waals surface area contributed by atoms with Gasteiger partial charge in [0.05, 0.1) is 6.42 Å². The van der Waals surface area contributed by atoms with Gasteiger partial charge >= 0.3 is 0 Å². The van der Waals surface area contributed by atoms with Crippen molar-refractivity contribution in [1.82, 2.24) is 5.32 Å². The predicted molar refractivity (Wildman–Crippen MR) is 85.5 cm³/mol. The van der Waals surface area contributed by atoms with Gasteiger partial charge in [-0.1, -0.05) is 45.2 Å². The van der Waals surface area contributed by atoms with E-state index in [2.05, 4.69) is 19.2 Å². The second-order valence-electron chi connectivity index (χ2n) is 5.52. The number of hydrogen-bond donors (Lipinski definition) is 2. The van der Waals surface area contributed by atoms with Crippen molar-refractivity contribution < 1.29 is 4.79 Å². The molecule has 1 aromatic carbocycles. The van der Waals surface area contributed by atoms with Crippen LogP contribution in [0.4, 0.5) is 5.69 Å². The van der Waals surface area contributed by atoms with Gasteiger partial charge in [0.2, 0.25) is 5.91 Å². The zero-order valence-electron chi connectivity index (χ0n) is 12.8. The zero-order chi connectivity index (χ0) is 14.8. The molecule has 1 rings (SSSR count). The molecule has 0 aliphatic carbocycles. The Morgan fingerprint density at radius 2 is 1.85 bits per heavy atom. The maximum Gasteiger partial charge on any atom is 0.224 e. The Morgan fingerprint density at radius 1 is 1.15 bits per heavy atom. The molecule has 1 amide bonds. The maximum atomic E-state index is 11.9. The van der Waals surface area contributed by atoms with E-state index >= 15 is 0 Å². The summed E-state index contributed by atoms with van der Waals surface area (Å²) in [6.07, 6.45) is 6.50. The van der Waals surface area contributed by atoms with Crippen molar-refractivity contribution >= 4 is 11.6 Å². The fraction of sp³-hybridized carbons (Fsp3) is 0.588. The van der Waals surface area contributed by atoms with Crippen LogP contribution in [0.1, 0.15) is 51.5 Å². The lowest BCUT2D eigenvalue weighted by molar-refractivity contribution is -0.120. The second kappa shape index (κ2) is 9.40. The summed E-state index contributed by atoms with van der Waals surface area (Å²) in [5, 5.41) is 3.07. The van der Waals surface area contributed by atoms with E-state index in [0.29, 0.717) is 12.3 Å². The van der Waals surface area contributed by atoms with Crippen LogP contribution in [-0.2, 0) is 11.2 Å². The summed E-state index contributed by atoms with van der Waals surface area (Å²) >= 11 is 0. The van der Waals surface area contributed by atoms with Crippen molar-refractivity contribution in [3.63, 3.8) is 0 Å². The molecule has 3 nitrogen and oxygen atoms in total. The molecule has 112 valence electrons. The molecule has 0 heterocycles. The summed E-state index contributed by atoms with van der Waals surface area (Å²) in [5.41, 5.74) is 7.38. The van der Waals surface area contributed by atoms with Gasteiger partial charge in [0, 0.05) is 12.2 Å². The second-order valence-corrected chi connectivity index (χ2v) is 5.52. The number of hydrogen-bond acceptors (Lipinski definition) is 2. The van der Waals surface area contributed by atoms with E-state index in [4.69, 9.17) is 5.73 Å². The van der Waals surface area contributed by atoms with Crippen molar-refractivity contribution in [2.45, 2.75) is 52.4 Å². The van der Waals surface area contributed by atoms with Crippen LogP contribution in [0.3, 0.4) is 0 Å². The number of benzene rings is 1. The predicted octanol–water partition coefficient (Wildman–Crippen LogP) is 3.53. The van der Waals surface area contributed by atoms with E-state index in [1.165, 1.54) is 32.1 Å². The number of rotatable bonds is 9. The molecule has 0 fully saturated rings. The SMILES string of the molecule is CCCCC(CCC)CNC(=O)Cc1ccc(N)cc1. The fourth-order valence-corrected chi connectivity index (χ4v) is 2.39. The van der Waals surface area contributed by atoms with Crippen LogP contribution < -0.4 is 11.1 Å². The number of nitrogens with one attached hydrogen (secondary N) is 1. The normalized spacial score (nSPS) is 12.1. The monoisotopic (exact) mass is 276 g/mol. The van der Waals surface area contributed by atoms with Crippen LogP contribution in [0.15, 0.2) is 24.3 Å². The minimum absolute atomic E-state index is 0.104. The van der Waals surface area contributed by atoms with Gasteiger partial charge < -0.3 is 11.1 Å². The molecule has 0 aromatic heterocycles. The molecule has 1 aromatic rings. The highest BCUT2D eigenvalue weighted by Gasteiger charge is 2.09. The van der Waals surface area contributed by atoms with E-state index in [0.717, 1.165) is 17.8 Å². The number of amides is 1. The minimum Gasteiger partial charge on any atom is -0.399 e. The number of carbonyl (C=O) groups is 1. The lowest BCUT2D eigenvalue weighted by atomic mass is 9.97. The average Bonchev–Trinajstić information content (AvgIpc) is 2.44. The highest BCUT2D eigenvalue weighted by molar-refractivity contribution is 5.78. The van der Waals surface area contributed by atoms with Gasteiger partial charge in [-0.15, -0.1) is 0 Å². The molecule has 0 aliphatic heterocycles. The van der Waals surface area contributed by atoms with Crippen molar-refractivity contribution in [2.75, 3.05) is 12.3 Å². The van der Waals surface area contributed by atoms with E-state index in [9.17, 15) is 4.79 Å². The van der Waals surface area contributed by atoms with Crippen molar-refractivity contribution in [1.29, 1.82) is 0 Å². The number of anilines is 1. The minimum atomic E-state index is 0.104. The molecule has 1 atom stereocenters. The first kappa shape index (κ1) is 16.5. The molecule has 0 bridgehead atoms. The molecule has 0 spiro atoms. The van der Waals surface area contributed by atoms with Gasteiger partial charge in [-0.3, -0.25) is 4.79 Å². The van der Waals surface area contributed by atoms with Crippen LogP contribution in [-0.4, -0.2) is 12.5 Å². The van der Waals surface area contributed by atoms with E-state index in [-0.39, 0.29) is 5.91 Å². The maximum absolute atomic E-state index is 11.9. The molecule has 1 unspecified atom stereocenters. The van der Waals surface area contributed by atoms with E-state index in [1.807, 2.05) is 24.3 Å². The largest absolute Gasteiger partial charge is 0.399 e. The van der Waals surface area contributed by atoms with Gasteiger partial charge in [0.1, 0.15) is 0 Å².